The van der Waals surface area contributed by atoms with E-state index in [0.29, 0.717) is 19.6 Å². The maximum Gasteiger partial charge on any atom is 0.312 e. The Balaban J connectivity index is 1.59. The van der Waals surface area contributed by atoms with Crippen LogP contribution in [0, 0.1) is 22.7 Å². The Morgan fingerprint density at radius 2 is 1.82 bits per heavy atom. The van der Waals surface area contributed by atoms with Gasteiger partial charge in [-0.3, -0.25) is 9.59 Å². The molecule has 1 spiro atoms. The highest BCUT2D eigenvalue weighted by atomic mass is 16.5. The van der Waals surface area contributed by atoms with Crippen LogP contribution in [0.1, 0.15) is 37.8 Å². The third-order valence-electron chi connectivity index (χ3n) is 8.43. The maximum atomic E-state index is 14.2. The second-order valence-corrected chi connectivity index (χ2v) is 10.1. The van der Waals surface area contributed by atoms with E-state index in [2.05, 4.69) is 24.3 Å². The van der Waals surface area contributed by atoms with Crippen LogP contribution in [-0.2, 0) is 27.3 Å². The van der Waals surface area contributed by atoms with Crippen LogP contribution >= 0.6 is 0 Å². The molecule has 1 saturated carbocycles. The van der Waals surface area contributed by atoms with Crippen LogP contribution in [0.15, 0.2) is 66.7 Å². The minimum absolute atomic E-state index is 0.0884. The second-order valence-electron chi connectivity index (χ2n) is 10.1. The number of hydrogen-bond acceptors (Lipinski definition) is 4. The lowest BCUT2D eigenvalue weighted by atomic mass is 9.47. The predicted octanol–water partition coefficient (Wildman–Crippen LogP) is 4.80. The summed E-state index contributed by atoms with van der Waals surface area (Å²) in [5, 5.41) is 0. The smallest absolute Gasteiger partial charge is 0.312 e. The number of carbonyl (C=O) groups excluding carboxylic acids is 2. The molecule has 1 heterocycles. The molecule has 1 aliphatic heterocycles. The van der Waals surface area contributed by atoms with E-state index in [1.54, 1.807) is 7.11 Å². The third kappa shape index (κ3) is 3.36. The molecule has 178 valence electrons. The highest BCUT2D eigenvalue weighted by Crippen LogP contribution is 2.65. The quantitative estimate of drug-likeness (QED) is 0.441. The SMILES string of the molecule is CCOC(=O)[C@]1(C)[C@@H]2C=C[C@]3(CC2)C(=O)N(Cc2ccc(OC)cc2)[C@@H](Cc2ccccc2)[C@H]13. The Morgan fingerprint density at radius 3 is 2.44 bits per heavy atom. The summed E-state index contributed by atoms with van der Waals surface area (Å²) < 4.78 is 11.0. The van der Waals surface area contributed by atoms with Crippen molar-refractivity contribution in [2.45, 2.75) is 45.7 Å². The number of rotatable bonds is 7. The standard InChI is InChI=1S/C29H33NO4/c1-4-34-27(32)28(2)22-14-16-29(17-15-22)25(28)24(18-20-8-6-5-7-9-20)30(26(29)31)19-21-10-12-23(33-3)13-11-21/h5-14,16,22,24-25H,4,15,17-19H2,1-3H3/t22-,24+,25-,28-,29-/m1/s1. The highest BCUT2D eigenvalue weighted by Gasteiger charge is 2.70. The minimum Gasteiger partial charge on any atom is -0.497 e. The van der Waals surface area contributed by atoms with Crippen molar-refractivity contribution in [1.29, 1.82) is 0 Å². The lowest BCUT2D eigenvalue weighted by Crippen LogP contribution is -2.58. The minimum atomic E-state index is -0.729. The third-order valence-corrected chi connectivity index (χ3v) is 8.43. The number of nitrogens with zero attached hydrogens (tertiary/aromatic N) is 1. The van der Waals surface area contributed by atoms with E-state index in [-0.39, 0.29) is 29.8 Å². The lowest BCUT2D eigenvalue weighted by Gasteiger charge is -2.54. The lowest BCUT2D eigenvalue weighted by molar-refractivity contribution is -0.170. The van der Waals surface area contributed by atoms with Gasteiger partial charge in [-0.05, 0) is 62.3 Å². The fourth-order valence-electron chi connectivity index (χ4n) is 6.80. The van der Waals surface area contributed by atoms with Gasteiger partial charge in [-0.2, -0.15) is 0 Å². The molecule has 4 aliphatic rings. The molecule has 2 fully saturated rings. The number of ether oxygens (including phenoxy) is 2. The Labute approximate surface area is 201 Å². The monoisotopic (exact) mass is 459 g/mol. The molecule has 1 amide bonds. The van der Waals surface area contributed by atoms with Crippen LogP contribution < -0.4 is 4.74 Å². The molecule has 2 aromatic carbocycles. The molecule has 2 aromatic rings. The van der Waals surface area contributed by atoms with Gasteiger partial charge < -0.3 is 14.4 Å². The van der Waals surface area contributed by atoms with E-state index in [4.69, 9.17) is 9.47 Å². The van der Waals surface area contributed by atoms with Gasteiger partial charge in [0.2, 0.25) is 5.91 Å². The number of allylic oxidation sites excluding steroid dienone is 1. The molecular formula is C29H33NO4. The molecule has 5 nitrogen and oxygen atoms in total. The summed E-state index contributed by atoms with van der Waals surface area (Å²) in [5.74, 6) is 0.718. The molecule has 0 radical (unpaired) electrons. The van der Waals surface area contributed by atoms with Gasteiger partial charge in [0.05, 0.1) is 24.5 Å². The first-order chi connectivity index (χ1) is 16.4. The molecule has 5 heteroatoms. The predicted molar refractivity (Wildman–Crippen MR) is 130 cm³/mol. The Kier molecular flexibility index (Phi) is 5.75. The van der Waals surface area contributed by atoms with E-state index in [1.807, 2.05) is 61.2 Å². The van der Waals surface area contributed by atoms with Crippen molar-refractivity contribution in [2.24, 2.45) is 22.7 Å². The van der Waals surface area contributed by atoms with Crippen molar-refractivity contribution in [3.63, 3.8) is 0 Å². The van der Waals surface area contributed by atoms with Crippen molar-refractivity contribution in [3.8, 4) is 5.75 Å². The van der Waals surface area contributed by atoms with Gasteiger partial charge in [-0.15, -0.1) is 0 Å². The molecule has 34 heavy (non-hydrogen) atoms. The van der Waals surface area contributed by atoms with Crippen molar-refractivity contribution in [2.75, 3.05) is 13.7 Å². The summed E-state index contributed by atoms with van der Waals surface area (Å²) in [5.41, 5.74) is 0.849. The maximum absolute atomic E-state index is 14.2. The van der Waals surface area contributed by atoms with E-state index in [0.717, 1.165) is 24.2 Å². The molecule has 1 saturated heterocycles. The van der Waals surface area contributed by atoms with Crippen LogP contribution in [0.5, 0.6) is 5.75 Å². The van der Waals surface area contributed by atoms with Crippen LogP contribution in [-0.4, -0.2) is 36.5 Å². The van der Waals surface area contributed by atoms with Gasteiger partial charge >= 0.3 is 5.97 Å². The molecule has 3 aliphatic carbocycles. The van der Waals surface area contributed by atoms with Gasteiger partial charge in [0.1, 0.15) is 5.75 Å². The Hall–Kier alpha value is -3.08. The van der Waals surface area contributed by atoms with Gasteiger partial charge in [-0.1, -0.05) is 54.6 Å². The van der Waals surface area contributed by atoms with Gasteiger partial charge in [-0.25, -0.2) is 0 Å². The van der Waals surface area contributed by atoms with Crippen LogP contribution in [0.4, 0.5) is 0 Å². The number of esters is 1. The van der Waals surface area contributed by atoms with Crippen LogP contribution in [0.2, 0.25) is 0 Å². The molecule has 0 unspecified atom stereocenters. The highest BCUT2D eigenvalue weighted by molar-refractivity contribution is 5.92. The zero-order valence-corrected chi connectivity index (χ0v) is 20.2. The second kappa shape index (κ2) is 8.61. The van der Waals surface area contributed by atoms with E-state index < -0.39 is 10.8 Å². The number of hydrogen-bond donors (Lipinski definition) is 0. The average molecular weight is 460 g/mol. The fourth-order valence-corrected chi connectivity index (χ4v) is 6.80. The zero-order chi connectivity index (χ0) is 23.9. The molecule has 2 bridgehead atoms. The first-order valence-corrected chi connectivity index (χ1v) is 12.3. The Morgan fingerprint density at radius 1 is 1.09 bits per heavy atom. The van der Waals surface area contributed by atoms with E-state index in [1.165, 1.54) is 5.56 Å². The van der Waals surface area contributed by atoms with Gasteiger partial charge in [0.25, 0.3) is 0 Å². The summed E-state index contributed by atoms with van der Waals surface area (Å²) in [7, 11) is 1.65. The largest absolute Gasteiger partial charge is 0.497 e. The fraction of sp³-hybridized carbons (Fsp3) is 0.448. The van der Waals surface area contributed by atoms with Crippen molar-refractivity contribution >= 4 is 11.9 Å². The normalized spacial score (nSPS) is 31.4. The van der Waals surface area contributed by atoms with Crippen molar-refractivity contribution < 1.29 is 19.1 Å². The molecule has 0 aromatic heterocycles. The number of likely N-dealkylation sites (tertiary alicyclic amines) is 1. The average Bonchev–Trinajstić information content (AvgIpc) is 3.09. The van der Waals surface area contributed by atoms with Gasteiger partial charge in [0, 0.05) is 18.5 Å². The summed E-state index contributed by atoms with van der Waals surface area (Å²) >= 11 is 0. The first-order valence-electron chi connectivity index (χ1n) is 12.3. The van der Waals surface area contributed by atoms with Crippen LogP contribution in [0.25, 0.3) is 0 Å². The topological polar surface area (TPSA) is 55.8 Å². The number of benzene rings is 2. The summed E-state index contributed by atoms with van der Waals surface area (Å²) in [6.07, 6.45) is 6.58. The number of fused-ring (bicyclic) bond motifs is 1. The molecule has 6 rings (SSSR count). The summed E-state index contributed by atoms with van der Waals surface area (Å²) in [6, 6.07) is 18.1. The molecule has 5 atom stereocenters. The van der Waals surface area contributed by atoms with E-state index >= 15 is 0 Å². The summed E-state index contributed by atoms with van der Waals surface area (Å²) in [6.45, 7) is 4.75. The first kappa shape index (κ1) is 22.7. The molecular weight excluding hydrogens is 426 g/mol. The van der Waals surface area contributed by atoms with Crippen molar-refractivity contribution in [3.05, 3.63) is 77.9 Å². The Bertz CT molecular complexity index is 1090. The van der Waals surface area contributed by atoms with Crippen LogP contribution in [0.3, 0.4) is 0 Å². The summed E-state index contributed by atoms with van der Waals surface area (Å²) in [4.78, 5) is 29.7. The molecule has 0 N–H and O–H groups in total. The van der Waals surface area contributed by atoms with E-state index in [9.17, 15) is 9.59 Å². The zero-order valence-electron chi connectivity index (χ0n) is 20.2. The van der Waals surface area contributed by atoms with Gasteiger partial charge in [0.15, 0.2) is 0 Å². The number of amides is 1. The number of carbonyl (C=O) groups is 2. The number of methoxy groups -OCH3 is 1. The van der Waals surface area contributed by atoms with Crippen molar-refractivity contribution in [1.82, 2.24) is 4.90 Å².